The van der Waals surface area contributed by atoms with Crippen molar-refractivity contribution in [3.63, 3.8) is 0 Å². The van der Waals surface area contributed by atoms with Gasteiger partial charge in [0.1, 0.15) is 0 Å². The van der Waals surface area contributed by atoms with Gasteiger partial charge in [-0.05, 0) is 42.9 Å². The molecule has 12 heavy (non-hydrogen) atoms. The summed E-state index contributed by atoms with van der Waals surface area (Å²) in [4.78, 5) is 0. The quantitative estimate of drug-likeness (QED) is 0.582. The van der Waals surface area contributed by atoms with E-state index in [1.165, 1.54) is 24.7 Å². The predicted molar refractivity (Wildman–Crippen MR) is 53.0 cm³/mol. The first-order valence-electron chi connectivity index (χ1n) is 5.77. The summed E-state index contributed by atoms with van der Waals surface area (Å²) in [6, 6.07) is 0. The lowest BCUT2D eigenvalue weighted by Gasteiger charge is -2.03. The average molecular weight is 166 g/mol. The summed E-state index contributed by atoms with van der Waals surface area (Å²) in [6.45, 7) is 4.68. The van der Waals surface area contributed by atoms with Crippen molar-refractivity contribution < 1.29 is 0 Å². The highest BCUT2D eigenvalue weighted by Crippen LogP contribution is 2.56. The van der Waals surface area contributed by atoms with Crippen LogP contribution in [0.5, 0.6) is 0 Å². The van der Waals surface area contributed by atoms with E-state index in [1.54, 1.807) is 25.7 Å². The molecule has 0 radical (unpaired) electrons. The second-order valence-corrected chi connectivity index (χ2v) is 5.32. The Morgan fingerprint density at radius 1 is 1.25 bits per heavy atom. The summed E-state index contributed by atoms with van der Waals surface area (Å²) in [6.07, 6.45) is 9.19. The Morgan fingerprint density at radius 3 is 2.58 bits per heavy atom. The number of hydrogen-bond acceptors (Lipinski definition) is 0. The first-order valence-corrected chi connectivity index (χ1v) is 5.77. The van der Waals surface area contributed by atoms with Gasteiger partial charge in [-0.3, -0.25) is 0 Å². The van der Waals surface area contributed by atoms with E-state index in [1.807, 2.05) is 0 Å². The summed E-state index contributed by atoms with van der Waals surface area (Å²) in [5.41, 5.74) is 0. The molecule has 0 nitrogen and oxygen atoms in total. The Kier molecular flexibility index (Phi) is 2.43. The van der Waals surface area contributed by atoms with Crippen molar-refractivity contribution in [3.05, 3.63) is 0 Å². The Hall–Kier alpha value is 0. The van der Waals surface area contributed by atoms with E-state index in [9.17, 15) is 0 Å². The zero-order chi connectivity index (χ0) is 8.55. The van der Waals surface area contributed by atoms with Crippen molar-refractivity contribution >= 4 is 0 Å². The van der Waals surface area contributed by atoms with Crippen LogP contribution in [0.4, 0.5) is 0 Å². The fourth-order valence-electron chi connectivity index (χ4n) is 2.49. The second-order valence-electron chi connectivity index (χ2n) is 5.32. The van der Waals surface area contributed by atoms with Gasteiger partial charge in [-0.1, -0.05) is 33.1 Å². The van der Waals surface area contributed by atoms with Gasteiger partial charge in [0.25, 0.3) is 0 Å². The van der Waals surface area contributed by atoms with Crippen molar-refractivity contribution in [2.45, 2.75) is 52.4 Å². The zero-order valence-corrected chi connectivity index (χ0v) is 8.55. The van der Waals surface area contributed by atoms with Crippen LogP contribution in [-0.2, 0) is 0 Å². The van der Waals surface area contributed by atoms with Gasteiger partial charge in [-0.15, -0.1) is 0 Å². The molecule has 0 N–H and O–H groups in total. The van der Waals surface area contributed by atoms with E-state index >= 15 is 0 Å². The van der Waals surface area contributed by atoms with Gasteiger partial charge >= 0.3 is 0 Å². The summed E-state index contributed by atoms with van der Waals surface area (Å²) < 4.78 is 0. The van der Waals surface area contributed by atoms with Crippen LogP contribution < -0.4 is 0 Å². The van der Waals surface area contributed by atoms with Gasteiger partial charge in [-0.2, -0.15) is 0 Å². The van der Waals surface area contributed by atoms with E-state index in [4.69, 9.17) is 0 Å². The van der Waals surface area contributed by atoms with Crippen LogP contribution in [0.25, 0.3) is 0 Å². The van der Waals surface area contributed by atoms with Crippen LogP contribution in [-0.4, -0.2) is 0 Å². The van der Waals surface area contributed by atoms with Crippen LogP contribution in [0.2, 0.25) is 0 Å². The molecule has 2 fully saturated rings. The lowest BCUT2D eigenvalue weighted by atomic mass is 10.0. The standard InChI is InChI=1S/C12H22/c1-9(2)4-3-5-11-8-12(11)10-6-7-10/h9-12H,3-8H2,1-2H3. The molecule has 0 aromatic rings. The Bertz CT molecular complexity index is 144. The third kappa shape index (κ3) is 2.24. The molecule has 0 aromatic heterocycles. The Morgan fingerprint density at radius 2 is 2.00 bits per heavy atom. The van der Waals surface area contributed by atoms with E-state index in [0.29, 0.717) is 0 Å². The first-order chi connectivity index (χ1) is 5.77. The maximum absolute atomic E-state index is 2.34. The molecule has 2 saturated carbocycles. The molecule has 0 saturated heterocycles. The van der Waals surface area contributed by atoms with Crippen molar-refractivity contribution in [2.75, 3.05) is 0 Å². The van der Waals surface area contributed by atoms with E-state index in [-0.39, 0.29) is 0 Å². The molecule has 0 aromatic carbocycles. The van der Waals surface area contributed by atoms with Crippen LogP contribution in [0.3, 0.4) is 0 Å². The molecule has 70 valence electrons. The molecular weight excluding hydrogens is 144 g/mol. The lowest BCUT2D eigenvalue weighted by Crippen LogP contribution is -1.90. The summed E-state index contributed by atoms with van der Waals surface area (Å²) in [5.74, 6) is 4.46. The number of rotatable bonds is 5. The molecule has 0 heteroatoms. The molecule has 2 rings (SSSR count). The Labute approximate surface area is 76.7 Å². The number of hydrogen-bond donors (Lipinski definition) is 0. The lowest BCUT2D eigenvalue weighted by molar-refractivity contribution is 0.497. The van der Waals surface area contributed by atoms with Gasteiger partial charge in [0, 0.05) is 0 Å². The van der Waals surface area contributed by atoms with Crippen molar-refractivity contribution in [1.29, 1.82) is 0 Å². The molecule has 2 aliphatic rings. The van der Waals surface area contributed by atoms with Crippen molar-refractivity contribution in [2.24, 2.45) is 23.7 Å². The topological polar surface area (TPSA) is 0 Å². The predicted octanol–water partition coefficient (Wildman–Crippen LogP) is 3.86. The molecule has 0 spiro atoms. The van der Waals surface area contributed by atoms with E-state index in [2.05, 4.69) is 13.8 Å². The SMILES string of the molecule is CC(C)CCCC1CC1C1CC1. The maximum atomic E-state index is 2.34. The Balaban J connectivity index is 1.52. The van der Waals surface area contributed by atoms with E-state index < -0.39 is 0 Å². The summed E-state index contributed by atoms with van der Waals surface area (Å²) >= 11 is 0. The van der Waals surface area contributed by atoms with Gasteiger partial charge in [0.2, 0.25) is 0 Å². The van der Waals surface area contributed by atoms with Crippen LogP contribution in [0.15, 0.2) is 0 Å². The molecular formula is C12H22. The zero-order valence-electron chi connectivity index (χ0n) is 8.55. The van der Waals surface area contributed by atoms with Gasteiger partial charge in [0.15, 0.2) is 0 Å². The van der Waals surface area contributed by atoms with Crippen molar-refractivity contribution in [1.82, 2.24) is 0 Å². The minimum atomic E-state index is 0.920. The average Bonchev–Trinajstić information content (AvgIpc) is 2.80. The van der Waals surface area contributed by atoms with Crippen molar-refractivity contribution in [3.8, 4) is 0 Å². The molecule has 0 bridgehead atoms. The molecule has 0 amide bonds. The molecule has 0 aliphatic heterocycles. The minimum Gasteiger partial charge on any atom is -0.0628 e. The normalized spacial score (nSPS) is 34.2. The van der Waals surface area contributed by atoms with Gasteiger partial charge in [0.05, 0.1) is 0 Å². The van der Waals surface area contributed by atoms with Crippen LogP contribution >= 0.6 is 0 Å². The van der Waals surface area contributed by atoms with Crippen LogP contribution in [0, 0.1) is 23.7 Å². The highest BCUT2D eigenvalue weighted by Gasteiger charge is 2.46. The summed E-state index contributed by atoms with van der Waals surface area (Å²) in [5, 5.41) is 0. The third-order valence-electron chi connectivity index (χ3n) is 3.56. The highest BCUT2D eigenvalue weighted by atomic mass is 14.5. The van der Waals surface area contributed by atoms with Crippen LogP contribution in [0.1, 0.15) is 52.4 Å². The summed E-state index contributed by atoms with van der Waals surface area (Å²) in [7, 11) is 0. The maximum Gasteiger partial charge on any atom is -0.0355 e. The molecule has 0 heterocycles. The smallest absolute Gasteiger partial charge is 0.0355 e. The highest BCUT2D eigenvalue weighted by molar-refractivity contribution is 4.96. The first kappa shape index (κ1) is 8.59. The third-order valence-corrected chi connectivity index (χ3v) is 3.56. The fourth-order valence-corrected chi connectivity index (χ4v) is 2.49. The molecule has 2 aliphatic carbocycles. The monoisotopic (exact) mass is 166 g/mol. The largest absolute Gasteiger partial charge is 0.0628 e. The fraction of sp³-hybridized carbons (Fsp3) is 1.00. The van der Waals surface area contributed by atoms with E-state index in [0.717, 1.165) is 11.8 Å². The van der Waals surface area contributed by atoms with Gasteiger partial charge < -0.3 is 0 Å². The second kappa shape index (κ2) is 3.40. The van der Waals surface area contributed by atoms with Gasteiger partial charge in [-0.25, -0.2) is 0 Å². The minimum absolute atomic E-state index is 0.920. The molecule has 2 atom stereocenters. The molecule has 2 unspecified atom stereocenters.